The van der Waals surface area contributed by atoms with Gasteiger partial charge in [0.15, 0.2) is 0 Å². The van der Waals surface area contributed by atoms with Crippen LogP contribution in [0.3, 0.4) is 0 Å². The lowest BCUT2D eigenvalue weighted by Crippen LogP contribution is -2.49. The van der Waals surface area contributed by atoms with Gasteiger partial charge in [0.25, 0.3) is 0 Å². The number of amides is 1. The van der Waals surface area contributed by atoms with Gasteiger partial charge in [0.2, 0.25) is 5.91 Å². The highest BCUT2D eigenvalue weighted by atomic mass is 16.5. The number of piperazine rings is 1. The fourth-order valence-corrected chi connectivity index (χ4v) is 2.86. The van der Waals surface area contributed by atoms with Gasteiger partial charge in [-0.2, -0.15) is 0 Å². The van der Waals surface area contributed by atoms with Crippen molar-refractivity contribution in [2.75, 3.05) is 44.7 Å². The number of aryl methyl sites for hydroxylation is 1. The van der Waals surface area contributed by atoms with E-state index in [1.165, 1.54) is 16.8 Å². The molecule has 0 aromatic heterocycles. The smallest absolute Gasteiger partial charge is 0.225 e. The number of carbonyl (C=O) groups excluding carboxylic acids is 1. The summed E-state index contributed by atoms with van der Waals surface area (Å²) in [4.78, 5) is 16.5. The molecule has 22 heavy (non-hydrogen) atoms. The molecular weight excluding hydrogens is 278 g/mol. The third-order valence-electron chi connectivity index (χ3n) is 4.55. The summed E-state index contributed by atoms with van der Waals surface area (Å²) in [5.74, 6) is 0.137. The maximum Gasteiger partial charge on any atom is 0.225 e. The highest BCUT2D eigenvalue weighted by molar-refractivity contribution is 5.77. The summed E-state index contributed by atoms with van der Waals surface area (Å²) in [5.41, 5.74) is 9.50. The first kappa shape index (κ1) is 16.8. The zero-order chi connectivity index (χ0) is 16.1. The number of nitrogens with zero attached hydrogens (tertiary/aromatic N) is 2. The average molecular weight is 305 g/mol. The highest BCUT2D eigenvalue weighted by Gasteiger charge is 2.24. The summed E-state index contributed by atoms with van der Waals surface area (Å²) in [7, 11) is 1.60. The summed E-state index contributed by atoms with van der Waals surface area (Å²) in [6, 6.07) is 6.39. The Balaban J connectivity index is 1.93. The molecule has 1 aliphatic heterocycles. The Labute approximate surface area is 133 Å². The molecule has 0 aliphatic carbocycles. The van der Waals surface area contributed by atoms with Crippen LogP contribution in [0.25, 0.3) is 0 Å². The van der Waals surface area contributed by atoms with Crippen molar-refractivity contribution in [1.29, 1.82) is 0 Å². The van der Waals surface area contributed by atoms with Crippen LogP contribution in [-0.2, 0) is 9.53 Å². The Morgan fingerprint density at radius 3 is 2.55 bits per heavy atom. The fraction of sp³-hybridized carbons (Fsp3) is 0.588. The molecule has 1 saturated heterocycles. The molecule has 1 fully saturated rings. The van der Waals surface area contributed by atoms with Crippen LogP contribution < -0.4 is 10.6 Å². The van der Waals surface area contributed by atoms with E-state index in [1.807, 2.05) is 4.90 Å². The van der Waals surface area contributed by atoms with Gasteiger partial charge in [-0.3, -0.25) is 4.79 Å². The van der Waals surface area contributed by atoms with Crippen LogP contribution in [-0.4, -0.2) is 56.7 Å². The molecule has 5 heteroatoms. The zero-order valence-electron chi connectivity index (χ0n) is 13.8. The van der Waals surface area contributed by atoms with Gasteiger partial charge in [-0.05, 0) is 31.0 Å². The summed E-state index contributed by atoms with van der Waals surface area (Å²) in [6.45, 7) is 7.93. The lowest BCUT2D eigenvalue weighted by atomic mass is 10.1. The molecule has 2 rings (SSSR count). The van der Waals surface area contributed by atoms with Crippen LogP contribution >= 0.6 is 0 Å². The normalized spacial score (nSPS) is 16.7. The standard InChI is InChI=1S/C17H27N3O2/c1-13-5-4-6-16(14(13)2)19-7-9-20(10-8-19)17(21)11-15(12-18)22-3/h4-6,15H,7-12,18H2,1-3H3. The maximum atomic E-state index is 12.3. The minimum absolute atomic E-state index is 0.137. The second-order valence-electron chi connectivity index (χ2n) is 5.88. The monoisotopic (exact) mass is 305 g/mol. The van der Waals surface area contributed by atoms with Gasteiger partial charge >= 0.3 is 0 Å². The molecule has 0 spiro atoms. The van der Waals surface area contributed by atoms with Crippen molar-refractivity contribution in [3.63, 3.8) is 0 Å². The molecule has 0 bridgehead atoms. The summed E-state index contributed by atoms with van der Waals surface area (Å²) < 4.78 is 5.20. The third kappa shape index (κ3) is 3.78. The van der Waals surface area contributed by atoms with Crippen molar-refractivity contribution in [1.82, 2.24) is 4.90 Å². The first-order valence-electron chi connectivity index (χ1n) is 7.88. The molecule has 1 unspecified atom stereocenters. The van der Waals surface area contributed by atoms with E-state index in [2.05, 4.69) is 36.9 Å². The van der Waals surface area contributed by atoms with Crippen LogP contribution in [0.1, 0.15) is 17.5 Å². The number of ether oxygens (including phenoxy) is 1. The average Bonchev–Trinajstić information content (AvgIpc) is 2.55. The van der Waals surface area contributed by atoms with E-state index in [-0.39, 0.29) is 12.0 Å². The van der Waals surface area contributed by atoms with Crippen LogP contribution in [0.2, 0.25) is 0 Å². The molecular formula is C17H27N3O2. The quantitative estimate of drug-likeness (QED) is 0.891. The number of methoxy groups -OCH3 is 1. The molecule has 1 aliphatic rings. The lowest BCUT2D eigenvalue weighted by Gasteiger charge is -2.37. The molecule has 0 radical (unpaired) electrons. The molecule has 5 nitrogen and oxygen atoms in total. The number of hydrogen-bond donors (Lipinski definition) is 1. The van der Waals surface area contributed by atoms with E-state index >= 15 is 0 Å². The molecule has 1 atom stereocenters. The second-order valence-corrected chi connectivity index (χ2v) is 5.88. The number of carbonyl (C=O) groups is 1. The molecule has 1 amide bonds. The Hall–Kier alpha value is -1.59. The van der Waals surface area contributed by atoms with Crippen molar-refractivity contribution in [3.05, 3.63) is 29.3 Å². The van der Waals surface area contributed by atoms with Crippen LogP contribution in [0.15, 0.2) is 18.2 Å². The van der Waals surface area contributed by atoms with Gasteiger partial charge in [0.05, 0.1) is 12.5 Å². The van der Waals surface area contributed by atoms with E-state index in [0.29, 0.717) is 13.0 Å². The van der Waals surface area contributed by atoms with E-state index < -0.39 is 0 Å². The second kappa shape index (κ2) is 7.61. The fourth-order valence-electron chi connectivity index (χ4n) is 2.86. The van der Waals surface area contributed by atoms with Gasteiger partial charge < -0.3 is 20.3 Å². The molecule has 1 aromatic carbocycles. The number of anilines is 1. The molecule has 2 N–H and O–H groups in total. The topological polar surface area (TPSA) is 58.8 Å². The molecule has 1 heterocycles. The van der Waals surface area contributed by atoms with Gasteiger partial charge in [0, 0.05) is 45.5 Å². The third-order valence-corrected chi connectivity index (χ3v) is 4.55. The minimum Gasteiger partial charge on any atom is -0.380 e. The summed E-state index contributed by atoms with van der Waals surface area (Å²) in [6.07, 6.45) is 0.195. The summed E-state index contributed by atoms with van der Waals surface area (Å²) >= 11 is 0. The number of rotatable bonds is 5. The van der Waals surface area contributed by atoms with Crippen molar-refractivity contribution in [3.8, 4) is 0 Å². The number of hydrogen-bond acceptors (Lipinski definition) is 4. The van der Waals surface area contributed by atoms with E-state index in [1.54, 1.807) is 7.11 Å². The van der Waals surface area contributed by atoms with Crippen molar-refractivity contribution in [2.24, 2.45) is 5.73 Å². The Kier molecular flexibility index (Phi) is 5.80. The molecule has 122 valence electrons. The van der Waals surface area contributed by atoms with Gasteiger partial charge in [-0.25, -0.2) is 0 Å². The Morgan fingerprint density at radius 2 is 1.95 bits per heavy atom. The van der Waals surface area contributed by atoms with Crippen LogP contribution in [0.5, 0.6) is 0 Å². The maximum absolute atomic E-state index is 12.3. The van der Waals surface area contributed by atoms with E-state index in [4.69, 9.17) is 10.5 Å². The highest BCUT2D eigenvalue weighted by Crippen LogP contribution is 2.24. The SMILES string of the molecule is COC(CN)CC(=O)N1CCN(c2cccc(C)c2C)CC1. The molecule has 0 saturated carbocycles. The lowest BCUT2D eigenvalue weighted by molar-refractivity contribution is -0.133. The minimum atomic E-state index is -0.176. The Morgan fingerprint density at radius 1 is 1.27 bits per heavy atom. The number of nitrogens with two attached hydrogens (primary N) is 1. The van der Waals surface area contributed by atoms with Crippen molar-refractivity contribution >= 4 is 11.6 Å². The van der Waals surface area contributed by atoms with Gasteiger partial charge in [-0.15, -0.1) is 0 Å². The predicted molar refractivity (Wildman–Crippen MR) is 89.2 cm³/mol. The Bertz CT molecular complexity index is 507. The zero-order valence-corrected chi connectivity index (χ0v) is 13.8. The van der Waals surface area contributed by atoms with Crippen LogP contribution in [0.4, 0.5) is 5.69 Å². The van der Waals surface area contributed by atoms with Crippen molar-refractivity contribution in [2.45, 2.75) is 26.4 Å². The van der Waals surface area contributed by atoms with Crippen LogP contribution in [0, 0.1) is 13.8 Å². The first-order chi connectivity index (χ1) is 10.6. The van der Waals surface area contributed by atoms with E-state index in [0.717, 1.165) is 26.2 Å². The van der Waals surface area contributed by atoms with Crippen molar-refractivity contribution < 1.29 is 9.53 Å². The largest absolute Gasteiger partial charge is 0.380 e. The summed E-state index contributed by atoms with van der Waals surface area (Å²) in [5, 5.41) is 0. The molecule has 1 aromatic rings. The van der Waals surface area contributed by atoms with E-state index in [9.17, 15) is 4.79 Å². The van der Waals surface area contributed by atoms with Gasteiger partial charge in [-0.1, -0.05) is 12.1 Å². The first-order valence-corrected chi connectivity index (χ1v) is 7.88. The van der Waals surface area contributed by atoms with Gasteiger partial charge in [0.1, 0.15) is 0 Å². The number of benzene rings is 1. The predicted octanol–water partition coefficient (Wildman–Crippen LogP) is 1.32.